The molecule has 2 amide bonds. The zero-order valence-electron chi connectivity index (χ0n) is 15.9. The Morgan fingerprint density at radius 1 is 1.20 bits per heavy atom. The molecule has 0 bridgehead atoms. The van der Waals surface area contributed by atoms with E-state index in [9.17, 15) is 4.79 Å². The first-order chi connectivity index (χ1) is 14.7. The summed E-state index contributed by atoms with van der Waals surface area (Å²) in [6.45, 7) is 0. The topological polar surface area (TPSA) is 97.6 Å². The maximum absolute atomic E-state index is 11.8. The van der Waals surface area contributed by atoms with E-state index in [0.29, 0.717) is 10.2 Å². The van der Waals surface area contributed by atoms with Crippen LogP contribution in [0.3, 0.4) is 0 Å². The molecule has 0 saturated heterocycles. The van der Waals surface area contributed by atoms with E-state index in [1.807, 2.05) is 28.9 Å². The number of amides is 2. The number of hydrogen-bond donors (Lipinski definition) is 2. The van der Waals surface area contributed by atoms with Gasteiger partial charge in [0, 0.05) is 30.6 Å². The Bertz CT molecular complexity index is 1250. The molecule has 0 atom stereocenters. The smallest absolute Gasteiger partial charge is 0.320 e. The van der Waals surface area contributed by atoms with E-state index in [1.54, 1.807) is 19.4 Å². The van der Waals surface area contributed by atoms with Gasteiger partial charge in [0.15, 0.2) is 5.13 Å². The van der Waals surface area contributed by atoms with Gasteiger partial charge in [0.1, 0.15) is 6.33 Å². The number of hydrogen-bond acceptors (Lipinski definition) is 6. The highest BCUT2D eigenvalue weighted by Gasteiger charge is 2.30. The quantitative estimate of drug-likeness (QED) is 0.505. The van der Waals surface area contributed by atoms with E-state index in [0.717, 1.165) is 51.6 Å². The number of rotatable bonds is 3. The molecule has 0 saturated carbocycles. The van der Waals surface area contributed by atoms with Crippen molar-refractivity contribution in [3.8, 4) is 27.5 Å². The number of halogens is 1. The zero-order valence-corrected chi connectivity index (χ0v) is 17.5. The summed E-state index contributed by atoms with van der Waals surface area (Å²) in [5, 5.41) is 11.4. The fourth-order valence-electron chi connectivity index (χ4n) is 3.53. The first-order valence-corrected chi connectivity index (χ1v) is 10.5. The maximum atomic E-state index is 11.8. The molecule has 2 N–H and O–H groups in total. The van der Waals surface area contributed by atoms with Gasteiger partial charge in [-0.15, -0.1) is 0 Å². The van der Waals surface area contributed by atoms with Crippen LogP contribution in [0.4, 0.5) is 9.93 Å². The average molecular weight is 438 g/mol. The second-order valence-electron chi connectivity index (χ2n) is 6.67. The molecule has 0 spiro atoms. The van der Waals surface area contributed by atoms with E-state index in [1.165, 1.54) is 17.7 Å². The number of para-hydroxylation sites is 1. The minimum atomic E-state index is -0.303. The van der Waals surface area contributed by atoms with Gasteiger partial charge in [-0.1, -0.05) is 35.1 Å². The third-order valence-corrected chi connectivity index (χ3v) is 6.21. The molecule has 10 heteroatoms. The van der Waals surface area contributed by atoms with Crippen LogP contribution in [0, 0.1) is 0 Å². The summed E-state index contributed by atoms with van der Waals surface area (Å²) < 4.78 is 1.86. The van der Waals surface area contributed by atoms with Gasteiger partial charge >= 0.3 is 6.03 Å². The van der Waals surface area contributed by atoms with Crippen LogP contribution in [0.1, 0.15) is 11.3 Å². The second kappa shape index (κ2) is 7.51. The maximum Gasteiger partial charge on any atom is 0.320 e. The minimum absolute atomic E-state index is 0.303. The first kappa shape index (κ1) is 18.7. The molecular weight excluding hydrogens is 422 g/mol. The monoisotopic (exact) mass is 437 g/mol. The van der Waals surface area contributed by atoms with Gasteiger partial charge in [0.2, 0.25) is 0 Å². The lowest BCUT2D eigenvalue weighted by Gasteiger charge is -2.14. The molecule has 0 aliphatic heterocycles. The van der Waals surface area contributed by atoms with Crippen molar-refractivity contribution < 1.29 is 4.79 Å². The lowest BCUT2D eigenvalue weighted by molar-refractivity contribution is 0.254. The second-order valence-corrected chi connectivity index (χ2v) is 8.07. The number of fused-ring (bicyclic) bond motifs is 3. The van der Waals surface area contributed by atoms with Crippen molar-refractivity contribution in [2.75, 3.05) is 12.4 Å². The molecule has 5 rings (SSSR count). The van der Waals surface area contributed by atoms with E-state index in [4.69, 9.17) is 16.7 Å². The van der Waals surface area contributed by atoms with Gasteiger partial charge in [-0.25, -0.2) is 24.4 Å². The highest BCUT2D eigenvalue weighted by atomic mass is 35.5. The molecule has 1 aliphatic rings. The number of aromatic nitrogens is 5. The van der Waals surface area contributed by atoms with Crippen molar-refractivity contribution in [1.29, 1.82) is 0 Å². The number of carbonyl (C=O) groups excluding carboxylic acids is 1. The number of urea groups is 1. The normalized spacial score (nSPS) is 12.2. The number of thiazole rings is 1. The Balaban J connectivity index is 1.73. The Kier molecular flexibility index (Phi) is 4.68. The van der Waals surface area contributed by atoms with Gasteiger partial charge in [-0.3, -0.25) is 5.32 Å². The average Bonchev–Trinajstić information content (AvgIpc) is 3.35. The van der Waals surface area contributed by atoms with Crippen LogP contribution in [0.15, 0.2) is 43.0 Å². The number of carbonyl (C=O) groups is 1. The van der Waals surface area contributed by atoms with Gasteiger partial charge in [0.05, 0.1) is 32.7 Å². The van der Waals surface area contributed by atoms with Gasteiger partial charge in [-0.05, 0) is 25.0 Å². The summed E-state index contributed by atoms with van der Waals surface area (Å²) in [5.41, 5.74) is 5.41. The lowest BCUT2D eigenvalue weighted by atomic mass is 9.96. The molecule has 8 nitrogen and oxygen atoms in total. The molecule has 0 fully saturated rings. The van der Waals surface area contributed by atoms with Crippen molar-refractivity contribution >= 4 is 34.1 Å². The molecular formula is C20H16ClN7OS. The third-order valence-electron chi connectivity index (χ3n) is 4.87. The molecule has 3 aromatic heterocycles. The largest absolute Gasteiger partial charge is 0.341 e. The highest BCUT2D eigenvalue weighted by molar-refractivity contribution is 7.19. The van der Waals surface area contributed by atoms with Crippen LogP contribution in [-0.2, 0) is 12.8 Å². The Morgan fingerprint density at radius 2 is 2.00 bits per heavy atom. The Hall–Kier alpha value is -3.30. The molecule has 1 aromatic carbocycles. The highest BCUT2D eigenvalue weighted by Crippen LogP contribution is 2.44. The molecule has 150 valence electrons. The molecule has 4 aromatic rings. The van der Waals surface area contributed by atoms with E-state index in [-0.39, 0.29) is 6.03 Å². The standard InChI is InChI=1S/C20H16ClN7OS/c1-22-19(29)26-20-25-14-7-6-12-16(11-8-23-10-24-9-11)27-28(17(12)18(14)30-20)15-5-3-2-4-13(15)21/h2-5,8-10H,6-7H2,1H3,(H2,22,25,26,29). The first-order valence-electron chi connectivity index (χ1n) is 9.26. The van der Waals surface area contributed by atoms with E-state index in [2.05, 4.69) is 25.6 Å². The summed E-state index contributed by atoms with van der Waals surface area (Å²) in [7, 11) is 1.57. The van der Waals surface area contributed by atoms with Crippen LogP contribution in [0.5, 0.6) is 0 Å². The van der Waals surface area contributed by atoms with Crippen LogP contribution in [-0.4, -0.2) is 37.8 Å². The van der Waals surface area contributed by atoms with E-state index >= 15 is 0 Å². The third kappa shape index (κ3) is 3.12. The molecule has 0 unspecified atom stereocenters. The van der Waals surface area contributed by atoms with Gasteiger partial charge in [-0.2, -0.15) is 5.10 Å². The summed E-state index contributed by atoms with van der Waals surface area (Å²) in [6.07, 6.45) is 6.53. The van der Waals surface area contributed by atoms with Crippen LogP contribution < -0.4 is 10.6 Å². The lowest BCUT2D eigenvalue weighted by Crippen LogP contribution is -2.24. The van der Waals surface area contributed by atoms with Crippen molar-refractivity contribution in [3.63, 3.8) is 0 Å². The fraction of sp³-hybridized carbons (Fsp3) is 0.150. The fourth-order valence-corrected chi connectivity index (χ4v) is 4.81. The zero-order chi connectivity index (χ0) is 20.7. The van der Waals surface area contributed by atoms with Crippen molar-refractivity contribution in [3.05, 3.63) is 59.3 Å². The van der Waals surface area contributed by atoms with E-state index < -0.39 is 0 Å². The van der Waals surface area contributed by atoms with Crippen LogP contribution >= 0.6 is 22.9 Å². The Morgan fingerprint density at radius 3 is 2.77 bits per heavy atom. The van der Waals surface area contributed by atoms with Crippen molar-refractivity contribution in [2.45, 2.75) is 12.8 Å². The number of nitrogens with zero attached hydrogens (tertiary/aromatic N) is 5. The molecule has 0 radical (unpaired) electrons. The molecule has 1 aliphatic carbocycles. The SMILES string of the molecule is CNC(=O)Nc1nc2c(s1)-c1c(c(-c3cncnc3)nn1-c1ccccc1Cl)CC2. The van der Waals surface area contributed by atoms with Crippen LogP contribution in [0.25, 0.3) is 27.5 Å². The Labute approximate surface area is 181 Å². The number of aryl methyl sites for hydroxylation is 1. The minimum Gasteiger partial charge on any atom is -0.341 e. The number of nitrogens with one attached hydrogen (secondary N) is 2. The summed E-state index contributed by atoms with van der Waals surface area (Å²) >= 11 is 7.94. The molecule has 3 heterocycles. The van der Waals surface area contributed by atoms with Gasteiger partial charge in [0.25, 0.3) is 0 Å². The summed E-state index contributed by atoms with van der Waals surface area (Å²) in [4.78, 5) is 25.7. The summed E-state index contributed by atoms with van der Waals surface area (Å²) in [5.74, 6) is 0. The van der Waals surface area contributed by atoms with Crippen LogP contribution in [0.2, 0.25) is 5.02 Å². The van der Waals surface area contributed by atoms with Crippen molar-refractivity contribution in [1.82, 2.24) is 30.0 Å². The number of anilines is 1. The van der Waals surface area contributed by atoms with Gasteiger partial charge < -0.3 is 5.32 Å². The van der Waals surface area contributed by atoms with Crippen molar-refractivity contribution in [2.24, 2.45) is 0 Å². The predicted molar refractivity (Wildman–Crippen MR) is 116 cm³/mol. The molecule has 30 heavy (non-hydrogen) atoms. The summed E-state index contributed by atoms with van der Waals surface area (Å²) in [6, 6.07) is 7.28. The predicted octanol–water partition coefficient (Wildman–Crippen LogP) is 3.96. The number of benzene rings is 1.